The molecule has 2 aromatic heterocycles. The number of benzene rings is 2. The average Bonchev–Trinajstić information content (AvgIpc) is 3.67. The van der Waals surface area contributed by atoms with Crippen LogP contribution in [0.25, 0.3) is 11.3 Å². The fourth-order valence-electron chi connectivity index (χ4n) is 5.81. The SMILES string of the molecule is Cc1cc2c(cc1N1Cc3c(cc(-c4ccnn4C)cc3C3CC3)NC1=O)OC(c1ncccc1F)CC2. The smallest absolute Gasteiger partial charge is 0.326 e. The van der Waals surface area contributed by atoms with Crippen molar-refractivity contribution in [3.63, 3.8) is 0 Å². The second-order valence-electron chi connectivity index (χ2n) is 10.5. The van der Waals surface area contributed by atoms with Crippen LogP contribution >= 0.6 is 0 Å². The summed E-state index contributed by atoms with van der Waals surface area (Å²) < 4.78 is 22.5. The molecule has 0 saturated heterocycles. The van der Waals surface area contributed by atoms with Gasteiger partial charge in [-0.25, -0.2) is 9.18 Å². The van der Waals surface area contributed by atoms with Gasteiger partial charge in [0.1, 0.15) is 23.4 Å². The van der Waals surface area contributed by atoms with E-state index in [0.717, 1.165) is 58.6 Å². The zero-order valence-corrected chi connectivity index (χ0v) is 21.4. The number of nitrogens with zero attached hydrogens (tertiary/aromatic N) is 4. The van der Waals surface area contributed by atoms with Crippen molar-refractivity contribution < 1.29 is 13.9 Å². The topological polar surface area (TPSA) is 72.3 Å². The predicted molar refractivity (Wildman–Crippen MR) is 143 cm³/mol. The normalized spacial score (nSPS) is 18.4. The number of rotatable bonds is 4. The summed E-state index contributed by atoms with van der Waals surface area (Å²) in [6.45, 7) is 2.51. The minimum absolute atomic E-state index is 0.174. The lowest BCUT2D eigenvalue weighted by Gasteiger charge is -2.34. The van der Waals surface area contributed by atoms with E-state index < -0.39 is 6.10 Å². The van der Waals surface area contributed by atoms with Crippen LogP contribution in [0.2, 0.25) is 0 Å². The van der Waals surface area contributed by atoms with Crippen LogP contribution in [0.4, 0.5) is 20.6 Å². The summed E-state index contributed by atoms with van der Waals surface area (Å²) in [6, 6.07) is 13.2. The van der Waals surface area contributed by atoms with Crippen LogP contribution in [0, 0.1) is 12.7 Å². The fraction of sp³-hybridized carbons (Fsp3) is 0.300. The van der Waals surface area contributed by atoms with Crippen LogP contribution in [0.15, 0.2) is 54.9 Å². The van der Waals surface area contributed by atoms with E-state index in [1.165, 1.54) is 11.6 Å². The van der Waals surface area contributed by atoms with Gasteiger partial charge in [0.2, 0.25) is 0 Å². The Morgan fingerprint density at radius 1 is 1.11 bits per heavy atom. The Balaban J connectivity index is 1.24. The predicted octanol–water partition coefficient (Wildman–Crippen LogP) is 6.43. The zero-order valence-electron chi connectivity index (χ0n) is 21.4. The third-order valence-electron chi connectivity index (χ3n) is 7.93. The maximum absolute atomic E-state index is 14.4. The number of aromatic nitrogens is 3. The highest BCUT2D eigenvalue weighted by molar-refractivity contribution is 6.05. The van der Waals surface area contributed by atoms with Crippen LogP contribution in [-0.4, -0.2) is 20.8 Å². The molecule has 0 spiro atoms. The fourth-order valence-corrected chi connectivity index (χ4v) is 5.81. The number of hydrogen-bond donors (Lipinski definition) is 1. The molecule has 0 bridgehead atoms. The maximum Gasteiger partial charge on any atom is 0.326 e. The maximum atomic E-state index is 14.4. The molecule has 8 heteroatoms. The summed E-state index contributed by atoms with van der Waals surface area (Å²) in [5.41, 5.74) is 8.59. The van der Waals surface area contributed by atoms with Gasteiger partial charge in [0.05, 0.1) is 17.9 Å². The van der Waals surface area contributed by atoms with Crippen LogP contribution in [-0.2, 0) is 20.0 Å². The number of fused-ring (bicyclic) bond motifs is 2. The lowest BCUT2D eigenvalue weighted by molar-refractivity contribution is 0.167. The van der Waals surface area contributed by atoms with E-state index in [1.54, 1.807) is 23.4 Å². The summed E-state index contributed by atoms with van der Waals surface area (Å²) in [5, 5.41) is 7.48. The Bertz CT molecular complexity index is 1590. The first-order valence-corrected chi connectivity index (χ1v) is 13.1. The van der Waals surface area contributed by atoms with E-state index in [-0.39, 0.29) is 11.8 Å². The van der Waals surface area contributed by atoms with Gasteiger partial charge >= 0.3 is 6.03 Å². The number of hydrogen-bond acceptors (Lipinski definition) is 4. The number of aryl methyl sites for hydroxylation is 3. The number of ether oxygens (including phenoxy) is 1. The van der Waals surface area contributed by atoms with Crippen molar-refractivity contribution in [1.82, 2.24) is 14.8 Å². The van der Waals surface area contributed by atoms with Gasteiger partial charge in [0.25, 0.3) is 0 Å². The zero-order chi connectivity index (χ0) is 26.0. The van der Waals surface area contributed by atoms with Gasteiger partial charge in [-0.05, 0) is 91.1 Å². The Morgan fingerprint density at radius 3 is 2.74 bits per heavy atom. The first kappa shape index (κ1) is 23.0. The summed E-state index contributed by atoms with van der Waals surface area (Å²) in [6.07, 6.45) is 6.65. The minimum Gasteiger partial charge on any atom is -0.484 e. The first-order chi connectivity index (χ1) is 18.5. The number of carbonyl (C=O) groups excluding carboxylic acids is 1. The number of nitrogens with one attached hydrogen (secondary N) is 1. The molecule has 1 fully saturated rings. The van der Waals surface area contributed by atoms with Crippen LogP contribution in [0.5, 0.6) is 5.75 Å². The largest absolute Gasteiger partial charge is 0.484 e. The second kappa shape index (κ2) is 8.68. The standard InChI is InChI=1S/C30H28FN5O2/c1-17-12-19-7-8-27(29-23(31)4-3-10-32-29)38-28(19)15-26(17)36-16-22-21(18-5-6-18)13-20(14-24(22)34-30(36)37)25-9-11-33-35(25)2/h3-4,9-15,18,27H,5-8,16H2,1-2H3,(H,34,37). The molecule has 2 aromatic carbocycles. The molecule has 0 radical (unpaired) electrons. The molecule has 1 N–H and O–H groups in total. The van der Waals surface area contributed by atoms with Gasteiger partial charge in [-0.1, -0.05) is 6.07 Å². The lowest BCUT2D eigenvalue weighted by atomic mass is 9.94. The van der Waals surface area contributed by atoms with Gasteiger partial charge in [-0.2, -0.15) is 5.10 Å². The molecule has 2 amide bonds. The third kappa shape index (κ3) is 3.83. The summed E-state index contributed by atoms with van der Waals surface area (Å²) >= 11 is 0. The molecule has 1 atom stereocenters. The van der Waals surface area contributed by atoms with E-state index in [1.807, 2.05) is 30.8 Å². The van der Waals surface area contributed by atoms with Gasteiger partial charge in [0.15, 0.2) is 0 Å². The molecule has 4 aromatic rings. The number of anilines is 2. The molecule has 3 aliphatic rings. The Morgan fingerprint density at radius 2 is 1.97 bits per heavy atom. The number of halogens is 1. The molecule has 7 rings (SSSR count). The summed E-state index contributed by atoms with van der Waals surface area (Å²) in [7, 11) is 1.93. The lowest BCUT2D eigenvalue weighted by Crippen LogP contribution is -2.39. The highest BCUT2D eigenvalue weighted by Crippen LogP contribution is 2.47. The monoisotopic (exact) mass is 509 g/mol. The molecule has 38 heavy (non-hydrogen) atoms. The van der Waals surface area contributed by atoms with Gasteiger partial charge in [0, 0.05) is 36.8 Å². The second-order valence-corrected chi connectivity index (χ2v) is 10.5. The molecule has 1 saturated carbocycles. The molecule has 1 aliphatic carbocycles. The van der Waals surface area contributed by atoms with Crippen molar-refractivity contribution in [2.24, 2.45) is 7.05 Å². The first-order valence-electron chi connectivity index (χ1n) is 13.1. The van der Waals surface area contributed by atoms with E-state index in [9.17, 15) is 9.18 Å². The minimum atomic E-state index is -0.456. The number of pyridine rings is 1. The van der Waals surface area contributed by atoms with E-state index in [0.29, 0.717) is 30.3 Å². The number of amides is 2. The summed E-state index contributed by atoms with van der Waals surface area (Å²) in [5.74, 6) is 0.827. The molecule has 1 unspecified atom stereocenters. The number of urea groups is 1. The Labute approximate surface area is 220 Å². The van der Waals surface area contributed by atoms with Crippen molar-refractivity contribution in [2.75, 3.05) is 10.2 Å². The van der Waals surface area contributed by atoms with Crippen molar-refractivity contribution >= 4 is 17.4 Å². The highest BCUT2D eigenvalue weighted by Gasteiger charge is 2.34. The third-order valence-corrected chi connectivity index (χ3v) is 7.93. The van der Waals surface area contributed by atoms with E-state index >= 15 is 0 Å². The molecular formula is C30H28FN5O2. The van der Waals surface area contributed by atoms with E-state index in [4.69, 9.17) is 4.74 Å². The van der Waals surface area contributed by atoms with Gasteiger partial charge in [-0.15, -0.1) is 0 Å². The van der Waals surface area contributed by atoms with Gasteiger partial charge in [-0.3, -0.25) is 14.6 Å². The highest BCUT2D eigenvalue weighted by atomic mass is 19.1. The summed E-state index contributed by atoms with van der Waals surface area (Å²) in [4.78, 5) is 19.5. The van der Waals surface area contributed by atoms with Crippen molar-refractivity contribution in [3.05, 3.63) is 88.6 Å². The number of carbonyl (C=O) groups is 1. The molecule has 2 aliphatic heterocycles. The quantitative estimate of drug-likeness (QED) is 0.344. The molecule has 7 nitrogen and oxygen atoms in total. The van der Waals surface area contributed by atoms with Crippen LogP contribution in [0.1, 0.15) is 59.2 Å². The van der Waals surface area contributed by atoms with Crippen molar-refractivity contribution in [3.8, 4) is 17.0 Å². The Kier molecular flexibility index (Phi) is 5.25. The van der Waals surface area contributed by atoms with Crippen molar-refractivity contribution in [1.29, 1.82) is 0 Å². The van der Waals surface area contributed by atoms with Gasteiger partial charge < -0.3 is 10.1 Å². The van der Waals surface area contributed by atoms with Crippen LogP contribution in [0.3, 0.4) is 0 Å². The van der Waals surface area contributed by atoms with E-state index in [2.05, 4.69) is 33.6 Å². The van der Waals surface area contributed by atoms with Crippen LogP contribution < -0.4 is 15.0 Å². The van der Waals surface area contributed by atoms with Crippen molar-refractivity contribution in [2.45, 2.75) is 51.2 Å². The molecule has 4 heterocycles. The molecular weight excluding hydrogens is 481 g/mol. The Hall–Kier alpha value is -4.20. The molecule has 192 valence electrons. The average molecular weight is 510 g/mol.